The van der Waals surface area contributed by atoms with E-state index in [-0.39, 0.29) is 17.4 Å². The molecular weight excluding hydrogens is 512 g/mol. The first-order chi connectivity index (χ1) is 18.7. The Balaban J connectivity index is 1.41. The molecule has 6 rings (SSSR count). The monoisotopic (exact) mass is 544 g/mol. The van der Waals surface area contributed by atoms with Crippen LogP contribution in [0.3, 0.4) is 0 Å². The van der Waals surface area contributed by atoms with E-state index >= 15 is 0 Å². The molecule has 4 aromatic rings. The van der Waals surface area contributed by atoms with Gasteiger partial charge in [0.15, 0.2) is 17.3 Å². The van der Waals surface area contributed by atoms with Crippen LogP contribution >= 0.6 is 0 Å². The van der Waals surface area contributed by atoms with Gasteiger partial charge in [0.25, 0.3) is 5.56 Å². The van der Waals surface area contributed by atoms with Crippen molar-refractivity contribution in [1.29, 1.82) is 0 Å². The largest absolute Gasteiger partial charge is 0.361 e. The summed E-state index contributed by atoms with van der Waals surface area (Å²) in [5, 5.41) is 8.84. The average molecular weight is 545 g/mol. The molecule has 2 saturated carbocycles. The molecule has 0 spiro atoms. The number of aromatic nitrogens is 6. The van der Waals surface area contributed by atoms with Crippen molar-refractivity contribution in [3.05, 3.63) is 64.1 Å². The summed E-state index contributed by atoms with van der Waals surface area (Å²) in [4.78, 5) is 37.5. The Morgan fingerprint density at radius 2 is 1.87 bits per heavy atom. The standard InChI is InChI=1S/C28H32N8O2S/c1-16-23(24(20-9-10-20)33-15-32-16)25-31-14-22-27(35-25)36(17(2)19-5-4-6-19)28(37)26(34-22)30-13-18-7-11-21(12-8-18)39(3,29)38/h7-8,11-12,14-15,17,19-20H,3-6,9-10,13H2,1-2H3,(H2,29,38)(H,30,34). The smallest absolute Gasteiger partial charge is 0.295 e. The van der Waals surface area contributed by atoms with Gasteiger partial charge in [0.2, 0.25) is 0 Å². The van der Waals surface area contributed by atoms with Crippen LogP contribution in [0.2, 0.25) is 0 Å². The summed E-state index contributed by atoms with van der Waals surface area (Å²) in [5.41, 5.74) is 4.40. The fraction of sp³-hybridized carbons (Fsp3) is 0.393. The minimum Gasteiger partial charge on any atom is -0.361 e. The quantitative estimate of drug-likeness (QED) is 0.320. The molecule has 3 aromatic heterocycles. The average Bonchev–Trinajstić information content (AvgIpc) is 3.71. The summed E-state index contributed by atoms with van der Waals surface area (Å²) < 4.78 is 13.8. The normalized spacial score (nSPS) is 17.9. The van der Waals surface area contributed by atoms with Gasteiger partial charge < -0.3 is 5.32 Å². The van der Waals surface area contributed by atoms with Crippen molar-refractivity contribution >= 4 is 32.6 Å². The molecule has 39 heavy (non-hydrogen) atoms. The van der Waals surface area contributed by atoms with Crippen molar-refractivity contribution in [2.75, 3.05) is 5.32 Å². The third-order valence-corrected chi connectivity index (χ3v) is 8.98. The summed E-state index contributed by atoms with van der Waals surface area (Å²) >= 11 is 0. The lowest BCUT2D eigenvalue weighted by Crippen LogP contribution is -2.33. The van der Waals surface area contributed by atoms with Gasteiger partial charge >= 0.3 is 0 Å². The second kappa shape index (κ2) is 9.80. The molecule has 202 valence electrons. The zero-order valence-corrected chi connectivity index (χ0v) is 22.9. The van der Waals surface area contributed by atoms with Gasteiger partial charge in [-0.3, -0.25) is 14.5 Å². The molecule has 2 atom stereocenters. The van der Waals surface area contributed by atoms with Crippen LogP contribution < -0.4 is 16.0 Å². The lowest BCUT2D eigenvalue weighted by Gasteiger charge is -2.33. The highest BCUT2D eigenvalue weighted by molar-refractivity contribution is 7.98. The topological polar surface area (TPSA) is 142 Å². The molecular formula is C28H32N8O2S. The van der Waals surface area contributed by atoms with Gasteiger partial charge in [0.05, 0.1) is 32.9 Å². The van der Waals surface area contributed by atoms with Gasteiger partial charge in [0.1, 0.15) is 11.8 Å². The van der Waals surface area contributed by atoms with Crippen LogP contribution in [-0.2, 0) is 16.3 Å². The zero-order valence-electron chi connectivity index (χ0n) is 22.1. The van der Waals surface area contributed by atoms with Crippen LogP contribution in [0.25, 0.3) is 22.6 Å². The number of nitrogens with zero attached hydrogens (tertiary/aromatic N) is 6. The molecule has 11 heteroatoms. The SMILES string of the molecule is C=S(N)(=O)c1ccc(CNc2nc3cnc(-c4c(C)ncnc4C4CC4)nc3n(C(C)C3CCC3)c2=O)cc1. The van der Waals surface area contributed by atoms with Gasteiger partial charge in [-0.25, -0.2) is 29.1 Å². The maximum atomic E-state index is 13.9. The number of hydrogen-bond acceptors (Lipinski definition) is 8. The molecule has 2 aliphatic rings. The van der Waals surface area contributed by atoms with E-state index in [4.69, 9.17) is 10.1 Å². The van der Waals surface area contributed by atoms with Crippen molar-refractivity contribution in [2.24, 2.45) is 11.1 Å². The highest BCUT2D eigenvalue weighted by Crippen LogP contribution is 2.43. The highest BCUT2D eigenvalue weighted by atomic mass is 32.2. The summed E-state index contributed by atoms with van der Waals surface area (Å²) in [7, 11) is -2.78. The minimum absolute atomic E-state index is 0.0369. The van der Waals surface area contributed by atoms with Crippen molar-refractivity contribution in [3.63, 3.8) is 0 Å². The zero-order chi connectivity index (χ0) is 27.3. The number of nitrogens with one attached hydrogen (secondary N) is 1. The maximum Gasteiger partial charge on any atom is 0.295 e. The fourth-order valence-electron chi connectivity index (χ4n) is 5.21. The Kier molecular flexibility index (Phi) is 6.43. The Hall–Kier alpha value is -3.70. The van der Waals surface area contributed by atoms with Crippen LogP contribution in [0.15, 0.2) is 46.5 Å². The molecule has 2 aliphatic carbocycles. The molecule has 3 N–H and O–H groups in total. The van der Waals surface area contributed by atoms with Crippen LogP contribution in [0.5, 0.6) is 0 Å². The molecule has 2 unspecified atom stereocenters. The summed E-state index contributed by atoms with van der Waals surface area (Å²) in [6.07, 6.45) is 8.82. The number of fused-ring (bicyclic) bond motifs is 1. The van der Waals surface area contributed by atoms with Crippen LogP contribution in [0.1, 0.15) is 67.9 Å². The van der Waals surface area contributed by atoms with E-state index in [0.29, 0.717) is 40.3 Å². The first-order valence-corrected chi connectivity index (χ1v) is 15.1. The Morgan fingerprint density at radius 3 is 2.51 bits per heavy atom. The number of nitrogens with two attached hydrogens (primary N) is 1. The molecule has 0 bridgehead atoms. The van der Waals surface area contributed by atoms with Crippen molar-refractivity contribution < 1.29 is 4.21 Å². The molecule has 0 saturated heterocycles. The lowest BCUT2D eigenvalue weighted by molar-refractivity contribution is 0.222. The van der Waals surface area contributed by atoms with Crippen LogP contribution in [0, 0.1) is 12.8 Å². The Morgan fingerprint density at radius 1 is 1.13 bits per heavy atom. The Labute approximate surface area is 227 Å². The van der Waals surface area contributed by atoms with Gasteiger partial charge in [-0.1, -0.05) is 18.6 Å². The first kappa shape index (κ1) is 25.6. The number of hydrogen-bond donors (Lipinski definition) is 2. The number of anilines is 1. The van der Waals surface area contributed by atoms with E-state index in [2.05, 4.69) is 38.0 Å². The van der Waals surface area contributed by atoms with E-state index < -0.39 is 9.71 Å². The van der Waals surface area contributed by atoms with Gasteiger partial charge in [-0.2, -0.15) is 0 Å². The van der Waals surface area contributed by atoms with Gasteiger partial charge in [-0.15, -0.1) is 0 Å². The van der Waals surface area contributed by atoms with Crippen molar-refractivity contribution in [3.8, 4) is 11.4 Å². The number of aryl methyl sites for hydroxylation is 1. The molecule has 2 fully saturated rings. The second-order valence-corrected chi connectivity index (χ2v) is 12.6. The predicted molar refractivity (Wildman–Crippen MR) is 153 cm³/mol. The molecule has 0 radical (unpaired) electrons. The first-order valence-electron chi connectivity index (χ1n) is 13.3. The molecule has 0 amide bonds. The summed E-state index contributed by atoms with van der Waals surface area (Å²) in [5.74, 6) is 5.10. The number of benzene rings is 1. The van der Waals surface area contributed by atoms with E-state index in [9.17, 15) is 9.00 Å². The predicted octanol–water partition coefficient (Wildman–Crippen LogP) is 3.75. The van der Waals surface area contributed by atoms with E-state index in [1.165, 1.54) is 6.42 Å². The molecule has 3 heterocycles. The van der Waals surface area contributed by atoms with E-state index in [1.54, 1.807) is 29.2 Å². The van der Waals surface area contributed by atoms with E-state index in [0.717, 1.165) is 48.2 Å². The maximum absolute atomic E-state index is 13.9. The fourth-order valence-corrected chi connectivity index (χ4v) is 5.80. The Bertz CT molecular complexity index is 1730. The van der Waals surface area contributed by atoms with E-state index in [1.807, 2.05) is 19.1 Å². The van der Waals surface area contributed by atoms with Crippen molar-refractivity contribution in [2.45, 2.75) is 69.4 Å². The van der Waals surface area contributed by atoms with Gasteiger partial charge in [0, 0.05) is 23.4 Å². The van der Waals surface area contributed by atoms with Crippen molar-refractivity contribution in [1.82, 2.24) is 29.5 Å². The molecule has 10 nitrogen and oxygen atoms in total. The molecule has 0 aliphatic heterocycles. The molecule has 1 aromatic carbocycles. The third kappa shape index (κ3) is 4.92. The third-order valence-electron chi connectivity index (χ3n) is 7.91. The summed E-state index contributed by atoms with van der Waals surface area (Å²) in [6.45, 7) is 4.39. The second-order valence-electron chi connectivity index (χ2n) is 10.7. The van der Waals surface area contributed by atoms with Crippen LogP contribution in [-0.4, -0.2) is 39.6 Å². The number of rotatable bonds is 8. The minimum atomic E-state index is -2.78. The highest BCUT2D eigenvalue weighted by Gasteiger charge is 2.31. The van der Waals surface area contributed by atoms with Gasteiger partial charge in [-0.05, 0) is 69.0 Å². The lowest BCUT2D eigenvalue weighted by atomic mass is 9.80. The summed E-state index contributed by atoms with van der Waals surface area (Å²) in [6, 6.07) is 6.97. The van der Waals surface area contributed by atoms with Crippen LogP contribution in [0.4, 0.5) is 5.82 Å².